The molecule has 1 aliphatic heterocycles. The van der Waals surface area contributed by atoms with E-state index >= 15 is 0 Å². The van der Waals surface area contributed by atoms with Gasteiger partial charge in [-0.15, -0.1) is 0 Å². The van der Waals surface area contributed by atoms with Crippen LogP contribution < -0.4 is 10.6 Å². The number of hydrogen-bond acceptors (Lipinski definition) is 3. The van der Waals surface area contributed by atoms with Gasteiger partial charge in [-0.1, -0.05) is 11.6 Å². The molecule has 0 saturated carbocycles. The minimum atomic E-state index is -0.728. The second-order valence-electron chi connectivity index (χ2n) is 5.08. The number of carbonyl (C=O) groups is 1. The molecule has 7 heteroatoms. The summed E-state index contributed by atoms with van der Waals surface area (Å²) in [6.45, 7) is 1.25. The van der Waals surface area contributed by atoms with Crippen molar-refractivity contribution in [2.45, 2.75) is 0 Å². The van der Waals surface area contributed by atoms with Crippen LogP contribution in [0.15, 0.2) is 36.0 Å². The lowest BCUT2D eigenvalue weighted by Crippen LogP contribution is -2.33. The molecule has 1 fully saturated rings. The minimum Gasteiger partial charge on any atom is -0.322 e. The van der Waals surface area contributed by atoms with Crippen molar-refractivity contribution in [3.05, 3.63) is 63.9 Å². The highest BCUT2D eigenvalue weighted by Crippen LogP contribution is 2.22. The molecule has 0 spiro atoms. The van der Waals surface area contributed by atoms with Gasteiger partial charge in [0.1, 0.15) is 16.8 Å². The Morgan fingerprint density at radius 3 is 2.48 bits per heavy atom. The highest BCUT2D eigenvalue weighted by atomic mass is 35.5. The second-order valence-corrected chi connectivity index (χ2v) is 5.47. The standard InChI is InChI=1S/C16H12ClF2N3O/c17-15-2-1-10(8-21-15)16(23)22-11-4-13(18)12(14(19)5-11)3-9-6-20-7-9/h1-5,8,20H,6-7H2,(H,22,23). The monoisotopic (exact) mass is 335 g/mol. The number of halogens is 3. The average molecular weight is 336 g/mol. The normalized spacial score (nSPS) is 13.4. The van der Waals surface area contributed by atoms with E-state index in [-0.39, 0.29) is 22.0 Å². The number of pyridine rings is 1. The third-order valence-electron chi connectivity index (χ3n) is 3.38. The smallest absolute Gasteiger partial charge is 0.257 e. The Bertz CT molecular complexity index is 761. The maximum Gasteiger partial charge on any atom is 0.257 e. The quantitative estimate of drug-likeness (QED) is 0.847. The Labute approximate surface area is 136 Å². The molecule has 23 heavy (non-hydrogen) atoms. The summed E-state index contributed by atoms with van der Waals surface area (Å²) in [4.78, 5) is 15.8. The Balaban J connectivity index is 1.80. The molecular weight excluding hydrogens is 324 g/mol. The number of aromatic nitrogens is 1. The van der Waals surface area contributed by atoms with E-state index in [0.717, 1.165) is 17.7 Å². The van der Waals surface area contributed by atoms with Gasteiger partial charge in [0, 0.05) is 30.5 Å². The third-order valence-corrected chi connectivity index (χ3v) is 3.60. The Morgan fingerprint density at radius 1 is 1.26 bits per heavy atom. The van der Waals surface area contributed by atoms with Crippen LogP contribution in [-0.4, -0.2) is 24.0 Å². The highest BCUT2D eigenvalue weighted by molar-refractivity contribution is 6.29. The van der Waals surface area contributed by atoms with E-state index in [1.54, 1.807) is 0 Å². The molecule has 0 radical (unpaired) electrons. The predicted molar refractivity (Wildman–Crippen MR) is 84.4 cm³/mol. The van der Waals surface area contributed by atoms with Crippen LogP contribution in [0.1, 0.15) is 15.9 Å². The number of amides is 1. The molecule has 1 aromatic heterocycles. The molecule has 118 valence electrons. The van der Waals surface area contributed by atoms with Crippen molar-refractivity contribution in [1.82, 2.24) is 10.3 Å². The van der Waals surface area contributed by atoms with Crippen molar-refractivity contribution in [3.63, 3.8) is 0 Å². The zero-order chi connectivity index (χ0) is 16.4. The van der Waals surface area contributed by atoms with Gasteiger partial charge in [-0.2, -0.15) is 0 Å². The van der Waals surface area contributed by atoms with Crippen LogP contribution in [0.25, 0.3) is 6.08 Å². The highest BCUT2D eigenvalue weighted by Gasteiger charge is 2.15. The maximum atomic E-state index is 14.1. The first-order chi connectivity index (χ1) is 11.0. The molecule has 4 nitrogen and oxygen atoms in total. The molecule has 2 N–H and O–H groups in total. The average Bonchev–Trinajstić information content (AvgIpc) is 2.45. The molecular formula is C16H12ClF2N3O. The van der Waals surface area contributed by atoms with Gasteiger partial charge in [0.15, 0.2) is 0 Å². The van der Waals surface area contributed by atoms with Gasteiger partial charge in [0.05, 0.1) is 5.56 Å². The number of benzene rings is 1. The largest absolute Gasteiger partial charge is 0.322 e. The SMILES string of the molecule is O=C(Nc1cc(F)c(C=C2CNC2)c(F)c1)c1ccc(Cl)nc1. The molecule has 0 unspecified atom stereocenters. The summed E-state index contributed by atoms with van der Waals surface area (Å²) in [7, 11) is 0. The van der Waals surface area contributed by atoms with E-state index in [1.807, 2.05) is 0 Å². The van der Waals surface area contributed by atoms with Crippen LogP contribution in [-0.2, 0) is 0 Å². The maximum absolute atomic E-state index is 14.1. The lowest BCUT2D eigenvalue weighted by molar-refractivity contribution is 0.102. The molecule has 1 aliphatic rings. The van der Waals surface area contributed by atoms with Gasteiger partial charge in [-0.05, 0) is 35.9 Å². The number of anilines is 1. The fourth-order valence-corrected chi connectivity index (χ4v) is 2.20. The fraction of sp³-hybridized carbons (Fsp3) is 0.125. The molecule has 0 aliphatic carbocycles. The summed E-state index contributed by atoms with van der Waals surface area (Å²) in [6.07, 6.45) is 2.77. The molecule has 2 heterocycles. The molecule has 1 aromatic carbocycles. The van der Waals surface area contributed by atoms with E-state index in [4.69, 9.17) is 11.6 Å². The summed E-state index contributed by atoms with van der Waals surface area (Å²) in [6, 6.07) is 5.10. The van der Waals surface area contributed by atoms with Crippen molar-refractivity contribution in [2.75, 3.05) is 18.4 Å². The van der Waals surface area contributed by atoms with Crippen LogP contribution in [0.4, 0.5) is 14.5 Å². The Morgan fingerprint density at radius 2 is 1.96 bits per heavy atom. The number of hydrogen-bond donors (Lipinski definition) is 2. The fourth-order valence-electron chi connectivity index (χ4n) is 2.08. The lowest BCUT2D eigenvalue weighted by Gasteiger charge is -2.18. The molecule has 1 amide bonds. The Kier molecular flexibility index (Phi) is 4.36. The predicted octanol–water partition coefficient (Wildman–Crippen LogP) is 3.25. The van der Waals surface area contributed by atoms with Crippen LogP contribution >= 0.6 is 11.6 Å². The van der Waals surface area contributed by atoms with E-state index in [1.165, 1.54) is 24.4 Å². The molecule has 1 saturated heterocycles. The third kappa shape index (κ3) is 3.55. The van der Waals surface area contributed by atoms with Gasteiger partial charge in [0.2, 0.25) is 0 Å². The molecule has 2 aromatic rings. The van der Waals surface area contributed by atoms with E-state index in [2.05, 4.69) is 15.6 Å². The Hall–Kier alpha value is -2.31. The molecule has 0 atom stereocenters. The van der Waals surface area contributed by atoms with Crippen LogP contribution in [0.3, 0.4) is 0 Å². The van der Waals surface area contributed by atoms with Gasteiger partial charge in [0.25, 0.3) is 5.91 Å². The number of nitrogens with one attached hydrogen (secondary N) is 2. The lowest BCUT2D eigenvalue weighted by atomic mass is 10.1. The van der Waals surface area contributed by atoms with Crippen molar-refractivity contribution < 1.29 is 13.6 Å². The zero-order valence-electron chi connectivity index (χ0n) is 11.9. The summed E-state index contributed by atoms with van der Waals surface area (Å²) in [5, 5.41) is 5.68. The van der Waals surface area contributed by atoms with Gasteiger partial charge >= 0.3 is 0 Å². The van der Waals surface area contributed by atoms with Gasteiger partial charge in [-0.3, -0.25) is 4.79 Å². The first kappa shape index (κ1) is 15.6. The van der Waals surface area contributed by atoms with E-state index in [9.17, 15) is 13.6 Å². The first-order valence-corrected chi connectivity index (χ1v) is 7.23. The van der Waals surface area contributed by atoms with Crippen molar-refractivity contribution in [3.8, 4) is 0 Å². The van der Waals surface area contributed by atoms with Gasteiger partial charge < -0.3 is 10.6 Å². The first-order valence-electron chi connectivity index (χ1n) is 6.85. The van der Waals surface area contributed by atoms with E-state index < -0.39 is 17.5 Å². The van der Waals surface area contributed by atoms with E-state index in [0.29, 0.717) is 13.1 Å². The number of rotatable bonds is 3. The minimum absolute atomic E-state index is 0.0360. The number of carbonyl (C=O) groups excluding carboxylic acids is 1. The summed E-state index contributed by atoms with van der Waals surface area (Å²) < 4.78 is 28.1. The summed E-state index contributed by atoms with van der Waals surface area (Å²) >= 11 is 5.64. The number of nitrogens with zero attached hydrogens (tertiary/aromatic N) is 1. The summed E-state index contributed by atoms with van der Waals surface area (Å²) in [5.41, 5.74) is 1.09. The topological polar surface area (TPSA) is 54.0 Å². The zero-order valence-corrected chi connectivity index (χ0v) is 12.6. The van der Waals surface area contributed by atoms with Crippen molar-refractivity contribution in [2.24, 2.45) is 0 Å². The van der Waals surface area contributed by atoms with Crippen LogP contribution in [0, 0.1) is 11.6 Å². The van der Waals surface area contributed by atoms with Crippen molar-refractivity contribution in [1.29, 1.82) is 0 Å². The van der Waals surface area contributed by atoms with Crippen molar-refractivity contribution >= 4 is 29.3 Å². The molecule has 3 rings (SSSR count). The molecule has 0 bridgehead atoms. The second kappa shape index (κ2) is 6.44. The summed E-state index contributed by atoms with van der Waals surface area (Å²) in [5.74, 6) is -1.98. The van der Waals surface area contributed by atoms with Crippen LogP contribution in [0.5, 0.6) is 0 Å². The van der Waals surface area contributed by atoms with Gasteiger partial charge in [-0.25, -0.2) is 13.8 Å². The van der Waals surface area contributed by atoms with Crippen LogP contribution in [0.2, 0.25) is 5.15 Å².